The normalized spacial score (nSPS) is 11.4. The molecule has 0 aliphatic rings. The number of hydrogen-bond donors (Lipinski definition) is 5. The van der Waals surface area contributed by atoms with E-state index in [1.54, 1.807) is 34.6 Å². The van der Waals surface area contributed by atoms with E-state index in [0.717, 1.165) is 6.34 Å². The third-order valence-electron chi connectivity index (χ3n) is 3.13. The Labute approximate surface area is 169 Å². The quantitative estimate of drug-likeness (QED) is 0.344. The lowest BCUT2D eigenvalue weighted by molar-refractivity contribution is -0.120. The van der Waals surface area contributed by atoms with E-state index in [-0.39, 0.29) is 17.4 Å². The molecule has 4 amide bonds. The Morgan fingerprint density at radius 3 is 2.03 bits per heavy atom. The summed E-state index contributed by atoms with van der Waals surface area (Å²) in [6.07, 6.45) is 0.191. The number of amides is 4. The summed E-state index contributed by atoms with van der Waals surface area (Å²) in [6.45, 7) is 8.80. The molecule has 162 valence electrons. The first-order valence-corrected chi connectivity index (χ1v) is 8.73. The van der Waals surface area contributed by atoms with Crippen molar-refractivity contribution in [2.45, 2.75) is 46.3 Å². The van der Waals surface area contributed by atoms with Crippen molar-refractivity contribution < 1.29 is 28.3 Å². The van der Waals surface area contributed by atoms with Crippen LogP contribution in [0.25, 0.3) is 0 Å². The monoisotopic (exact) mass is 411 g/mol. The molecule has 1 heterocycles. The summed E-state index contributed by atoms with van der Waals surface area (Å²) in [5, 5.41) is 13.4. The number of hydrogen-bond acceptors (Lipinski definition) is 7. The van der Waals surface area contributed by atoms with Crippen LogP contribution >= 0.6 is 0 Å². The highest BCUT2D eigenvalue weighted by Crippen LogP contribution is 2.09. The number of rotatable bonds is 6. The van der Waals surface area contributed by atoms with E-state index in [1.807, 2.05) is 0 Å². The van der Waals surface area contributed by atoms with Gasteiger partial charge >= 0.3 is 6.09 Å². The number of nitrogens with one attached hydrogen (secondary N) is 4. The van der Waals surface area contributed by atoms with E-state index in [4.69, 9.17) is 20.3 Å². The molecule has 29 heavy (non-hydrogen) atoms. The Hall–Kier alpha value is -3.37. The highest BCUT2D eigenvalue weighted by molar-refractivity contribution is 5.97. The van der Waals surface area contributed by atoms with Gasteiger partial charge in [-0.1, -0.05) is 13.8 Å². The van der Waals surface area contributed by atoms with Gasteiger partial charge in [-0.05, 0) is 38.8 Å². The summed E-state index contributed by atoms with van der Waals surface area (Å²) in [4.78, 5) is 44.9. The molecular formula is C18H29N5O6. The molecule has 0 saturated carbocycles. The molecule has 1 unspecified atom stereocenters. The summed E-state index contributed by atoms with van der Waals surface area (Å²) in [5.74, 6) is -1.82. The average molecular weight is 411 g/mol. The van der Waals surface area contributed by atoms with E-state index in [0.29, 0.717) is 0 Å². The number of furan rings is 1. The molecule has 0 fully saturated rings. The molecule has 1 atom stereocenters. The van der Waals surface area contributed by atoms with E-state index < -0.39 is 35.5 Å². The van der Waals surface area contributed by atoms with Crippen molar-refractivity contribution in [2.24, 2.45) is 11.7 Å². The van der Waals surface area contributed by atoms with Crippen LogP contribution in [0, 0.1) is 11.3 Å². The highest BCUT2D eigenvalue weighted by atomic mass is 16.6. The molecule has 0 aliphatic carbocycles. The summed E-state index contributed by atoms with van der Waals surface area (Å²) in [6, 6.07) is 1.95. The topological polar surface area (TPSA) is 177 Å². The molecule has 0 aromatic carbocycles. The maximum atomic E-state index is 11.8. The van der Waals surface area contributed by atoms with Gasteiger partial charge in [-0.2, -0.15) is 0 Å². The van der Waals surface area contributed by atoms with Crippen molar-refractivity contribution in [3.8, 4) is 0 Å². The van der Waals surface area contributed by atoms with Crippen molar-refractivity contribution >= 4 is 30.2 Å². The van der Waals surface area contributed by atoms with Crippen LogP contribution in [0.5, 0.6) is 0 Å². The first-order valence-electron chi connectivity index (χ1n) is 8.73. The lowest BCUT2D eigenvalue weighted by Crippen LogP contribution is -2.47. The zero-order valence-corrected chi connectivity index (χ0v) is 17.4. The zero-order valence-electron chi connectivity index (χ0n) is 17.4. The van der Waals surface area contributed by atoms with Crippen LogP contribution < -0.4 is 21.7 Å². The second-order valence-electron chi connectivity index (χ2n) is 7.13. The fourth-order valence-corrected chi connectivity index (χ4v) is 1.85. The smallest absolute Gasteiger partial charge is 0.412 e. The van der Waals surface area contributed by atoms with Crippen molar-refractivity contribution in [2.75, 3.05) is 7.05 Å². The SMILES string of the molecule is CC(C)(C)OC(=O)NC=N.CNC(=O)c1ccc(C(=O)NC(C(N)=O)C(C)C)o1. The number of primary amides is 1. The van der Waals surface area contributed by atoms with Gasteiger partial charge in [0.05, 0.1) is 6.34 Å². The second-order valence-corrected chi connectivity index (χ2v) is 7.13. The van der Waals surface area contributed by atoms with Crippen LogP contribution in [-0.2, 0) is 9.53 Å². The largest absolute Gasteiger partial charge is 0.446 e. The first kappa shape index (κ1) is 25.6. The van der Waals surface area contributed by atoms with Gasteiger partial charge in [-0.25, -0.2) is 4.79 Å². The number of alkyl carbamates (subject to hydrolysis) is 1. The molecule has 0 saturated heterocycles. The third kappa shape index (κ3) is 9.94. The molecule has 1 rings (SSSR count). The molecule has 11 heteroatoms. The summed E-state index contributed by atoms with van der Waals surface area (Å²) < 4.78 is 9.86. The van der Waals surface area contributed by atoms with E-state index in [9.17, 15) is 19.2 Å². The Morgan fingerprint density at radius 2 is 1.66 bits per heavy atom. The molecule has 1 aromatic heterocycles. The highest BCUT2D eigenvalue weighted by Gasteiger charge is 2.24. The van der Waals surface area contributed by atoms with Crippen molar-refractivity contribution in [3.05, 3.63) is 23.7 Å². The van der Waals surface area contributed by atoms with Crippen LogP contribution in [-0.4, -0.2) is 48.8 Å². The molecule has 1 aromatic rings. The van der Waals surface area contributed by atoms with Gasteiger partial charge in [0.15, 0.2) is 11.5 Å². The minimum absolute atomic E-state index is 0.0211. The Bertz CT molecular complexity index is 735. The Morgan fingerprint density at radius 1 is 1.14 bits per heavy atom. The van der Waals surface area contributed by atoms with Crippen molar-refractivity contribution in [3.63, 3.8) is 0 Å². The van der Waals surface area contributed by atoms with E-state index in [2.05, 4.69) is 16.0 Å². The number of carbonyl (C=O) groups excluding carboxylic acids is 4. The van der Waals surface area contributed by atoms with Gasteiger partial charge in [0.1, 0.15) is 11.6 Å². The fraction of sp³-hybridized carbons (Fsp3) is 0.500. The summed E-state index contributed by atoms with van der Waals surface area (Å²) >= 11 is 0. The van der Waals surface area contributed by atoms with Gasteiger partial charge in [-0.15, -0.1) is 0 Å². The maximum absolute atomic E-state index is 11.8. The van der Waals surface area contributed by atoms with Gasteiger partial charge < -0.3 is 25.5 Å². The summed E-state index contributed by atoms with van der Waals surface area (Å²) in [7, 11) is 1.45. The standard InChI is InChI=1S/C12H17N3O4.C6H12N2O2/c1-6(2)9(10(13)16)15-12(18)8-5-4-7(19-8)11(17)14-3;1-6(2,3)10-5(9)8-4-7/h4-6,9H,1-3H3,(H2,13,16)(H,14,17)(H,15,18);4H,1-3H3,(H2,7,8,9). The Kier molecular flexibility index (Phi) is 10.1. The second kappa shape index (κ2) is 11.5. The van der Waals surface area contributed by atoms with Crippen LogP contribution in [0.4, 0.5) is 4.79 Å². The van der Waals surface area contributed by atoms with Gasteiger partial charge in [0.2, 0.25) is 5.91 Å². The van der Waals surface area contributed by atoms with Crippen LogP contribution in [0.1, 0.15) is 55.7 Å². The Balaban J connectivity index is 0.000000665. The number of nitrogens with two attached hydrogens (primary N) is 1. The van der Waals surface area contributed by atoms with E-state index in [1.165, 1.54) is 19.2 Å². The molecule has 11 nitrogen and oxygen atoms in total. The molecular weight excluding hydrogens is 382 g/mol. The van der Waals surface area contributed by atoms with Crippen molar-refractivity contribution in [1.29, 1.82) is 5.41 Å². The molecule has 0 bridgehead atoms. The summed E-state index contributed by atoms with van der Waals surface area (Å²) in [5.41, 5.74) is 4.70. The number of ether oxygens (including phenoxy) is 1. The number of carbonyl (C=O) groups is 4. The minimum Gasteiger partial charge on any atom is -0.446 e. The van der Waals surface area contributed by atoms with Gasteiger partial charge in [0.25, 0.3) is 11.8 Å². The van der Waals surface area contributed by atoms with Crippen LogP contribution in [0.2, 0.25) is 0 Å². The predicted octanol–water partition coefficient (Wildman–Crippen LogP) is 0.997. The van der Waals surface area contributed by atoms with Crippen molar-refractivity contribution in [1.82, 2.24) is 16.0 Å². The lowest BCUT2D eigenvalue weighted by atomic mass is 10.0. The average Bonchev–Trinajstić information content (AvgIpc) is 3.07. The fourth-order valence-electron chi connectivity index (χ4n) is 1.85. The minimum atomic E-state index is -0.791. The first-order chi connectivity index (χ1) is 13.3. The van der Waals surface area contributed by atoms with Crippen LogP contribution in [0.3, 0.4) is 0 Å². The maximum Gasteiger partial charge on any atom is 0.412 e. The molecule has 0 radical (unpaired) electrons. The molecule has 0 spiro atoms. The molecule has 0 aliphatic heterocycles. The zero-order chi connectivity index (χ0) is 22.8. The lowest BCUT2D eigenvalue weighted by Gasteiger charge is -2.18. The van der Waals surface area contributed by atoms with Gasteiger partial charge in [0, 0.05) is 7.05 Å². The third-order valence-corrected chi connectivity index (χ3v) is 3.13. The predicted molar refractivity (Wildman–Crippen MR) is 106 cm³/mol. The molecule has 6 N–H and O–H groups in total. The van der Waals surface area contributed by atoms with E-state index >= 15 is 0 Å². The van der Waals surface area contributed by atoms with Crippen LogP contribution in [0.15, 0.2) is 16.5 Å². The van der Waals surface area contributed by atoms with Gasteiger partial charge in [-0.3, -0.25) is 25.1 Å².